The molecule has 0 aliphatic rings. The molecule has 0 aliphatic carbocycles. The third-order valence-electron chi connectivity index (χ3n) is 1.86. The molecule has 1 N–H and O–H groups in total. The predicted octanol–water partition coefficient (Wildman–Crippen LogP) is 2.27. The van der Waals surface area contributed by atoms with E-state index < -0.39 is 5.97 Å². The molecule has 0 saturated heterocycles. The smallest absolute Gasteiger partial charge is 0.358 e. The molecule has 0 spiro atoms. The Morgan fingerprint density at radius 3 is 2.75 bits per heavy atom. The normalized spacial score (nSPS) is 10.4. The lowest BCUT2D eigenvalue weighted by molar-refractivity contribution is 0.0690. The van der Waals surface area contributed by atoms with Crippen molar-refractivity contribution in [3.8, 4) is 5.69 Å². The first-order chi connectivity index (χ1) is 7.59. The number of aromatic carboxylic acids is 1. The van der Waals surface area contributed by atoms with Crippen molar-refractivity contribution in [2.45, 2.75) is 0 Å². The highest BCUT2D eigenvalue weighted by Gasteiger charge is 2.12. The van der Waals surface area contributed by atoms with Crippen LogP contribution in [0.4, 0.5) is 0 Å². The maximum Gasteiger partial charge on any atom is 0.358 e. The summed E-state index contributed by atoms with van der Waals surface area (Å²) in [7, 11) is 0. The fourth-order valence-corrected chi connectivity index (χ4v) is 1.50. The molecule has 0 unspecified atom stereocenters. The van der Waals surface area contributed by atoms with Gasteiger partial charge in [0.25, 0.3) is 0 Å². The van der Waals surface area contributed by atoms with Crippen LogP contribution in [-0.2, 0) is 0 Å². The lowest BCUT2D eigenvalue weighted by Gasteiger charge is -2.03. The van der Waals surface area contributed by atoms with Gasteiger partial charge < -0.3 is 5.11 Å². The zero-order valence-electron chi connectivity index (χ0n) is 7.76. The van der Waals surface area contributed by atoms with Crippen LogP contribution in [0, 0.1) is 0 Å². The highest BCUT2D eigenvalue weighted by Crippen LogP contribution is 2.27. The fourth-order valence-electron chi connectivity index (χ4n) is 1.12. The van der Waals surface area contributed by atoms with Gasteiger partial charge in [-0.05, 0) is 12.1 Å². The number of rotatable bonds is 2. The molecule has 5 nitrogen and oxygen atoms in total. The first kappa shape index (κ1) is 10.9. The minimum atomic E-state index is -1.15. The first-order valence-electron chi connectivity index (χ1n) is 4.19. The number of carbonyl (C=O) groups is 1. The number of aromatic nitrogens is 3. The number of benzene rings is 1. The van der Waals surface area contributed by atoms with Gasteiger partial charge in [-0.3, -0.25) is 0 Å². The summed E-state index contributed by atoms with van der Waals surface area (Å²) < 4.78 is 0. The van der Waals surface area contributed by atoms with Crippen molar-refractivity contribution in [3.05, 3.63) is 40.1 Å². The van der Waals surface area contributed by atoms with Gasteiger partial charge in [0.15, 0.2) is 5.69 Å². The van der Waals surface area contributed by atoms with Gasteiger partial charge in [0.1, 0.15) is 5.69 Å². The van der Waals surface area contributed by atoms with Crippen LogP contribution in [0.1, 0.15) is 10.5 Å². The average molecular weight is 258 g/mol. The molecule has 0 saturated carbocycles. The lowest BCUT2D eigenvalue weighted by atomic mass is 10.3. The minimum absolute atomic E-state index is 0.156. The molecule has 1 aromatic carbocycles. The van der Waals surface area contributed by atoms with Gasteiger partial charge in [-0.15, -0.1) is 9.90 Å². The second-order valence-electron chi connectivity index (χ2n) is 2.90. The number of hydrogen-bond donors (Lipinski definition) is 1. The molecule has 0 atom stereocenters. The Morgan fingerprint density at radius 2 is 2.12 bits per heavy atom. The Balaban J connectivity index is 2.50. The minimum Gasteiger partial charge on any atom is -0.476 e. The van der Waals surface area contributed by atoms with Gasteiger partial charge in [-0.25, -0.2) is 4.79 Å². The molecule has 2 rings (SSSR count). The van der Waals surface area contributed by atoms with Crippen LogP contribution in [-0.4, -0.2) is 26.1 Å². The van der Waals surface area contributed by atoms with Crippen molar-refractivity contribution in [1.82, 2.24) is 15.0 Å². The summed E-state index contributed by atoms with van der Waals surface area (Å²) in [5, 5.41) is 16.9. The highest BCUT2D eigenvalue weighted by atomic mass is 35.5. The summed E-state index contributed by atoms with van der Waals surface area (Å²) in [5.41, 5.74) is 0.276. The zero-order chi connectivity index (χ0) is 11.7. The Bertz CT molecular complexity index is 553. The van der Waals surface area contributed by atoms with Crippen LogP contribution < -0.4 is 0 Å². The predicted molar refractivity (Wildman–Crippen MR) is 58.3 cm³/mol. The molecule has 0 radical (unpaired) electrons. The van der Waals surface area contributed by atoms with E-state index in [1.165, 1.54) is 0 Å². The third-order valence-corrected chi connectivity index (χ3v) is 2.67. The van der Waals surface area contributed by atoms with Crippen molar-refractivity contribution >= 4 is 29.2 Å². The summed E-state index contributed by atoms with van der Waals surface area (Å²) >= 11 is 11.8. The lowest BCUT2D eigenvalue weighted by Crippen LogP contribution is -2.02. The molecule has 16 heavy (non-hydrogen) atoms. The molecule has 2 aromatic rings. The zero-order valence-corrected chi connectivity index (χ0v) is 9.27. The second-order valence-corrected chi connectivity index (χ2v) is 3.68. The van der Waals surface area contributed by atoms with E-state index in [1.54, 1.807) is 18.2 Å². The van der Waals surface area contributed by atoms with Gasteiger partial charge in [0.2, 0.25) is 0 Å². The number of carboxylic acid groups (broad SMARTS) is 1. The van der Waals surface area contributed by atoms with E-state index in [0.29, 0.717) is 10.7 Å². The van der Waals surface area contributed by atoms with Crippen molar-refractivity contribution in [2.24, 2.45) is 0 Å². The van der Waals surface area contributed by atoms with E-state index >= 15 is 0 Å². The molecular weight excluding hydrogens is 253 g/mol. The van der Waals surface area contributed by atoms with E-state index in [0.717, 1.165) is 11.0 Å². The van der Waals surface area contributed by atoms with Crippen LogP contribution in [0.2, 0.25) is 10.0 Å². The van der Waals surface area contributed by atoms with Crippen LogP contribution in [0.5, 0.6) is 0 Å². The summed E-state index contributed by atoms with van der Waals surface area (Å²) in [6, 6.07) is 4.93. The molecule has 0 fully saturated rings. The van der Waals surface area contributed by atoms with Crippen molar-refractivity contribution in [1.29, 1.82) is 0 Å². The monoisotopic (exact) mass is 257 g/mol. The van der Waals surface area contributed by atoms with E-state index in [1.807, 2.05) is 0 Å². The Kier molecular flexibility index (Phi) is 2.80. The second kappa shape index (κ2) is 4.11. The van der Waals surface area contributed by atoms with Crippen LogP contribution >= 0.6 is 23.2 Å². The standard InChI is InChI=1S/C9H5Cl2N3O2/c10-5-2-1-3-7(8(5)11)14-12-4-6(13-14)9(15)16/h1-4H,(H,15,16). The highest BCUT2D eigenvalue weighted by molar-refractivity contribution is 6.43. The SMILES string of the molecule is O=C(O)c1cnn(-c2cccc(Cl)c2Cl)n1. The Hall–Kier alpha value is -1.59. The number of carboxylic acids is 1. The molecule has 0 bridgehead atoms. The van der Waals surface area contributed by atoms with Crippen molar-refractivity contribution in [3.63, 3.8) is 0 Å². The Labute approximate surface area is 100 Å². The molecule has 1 aromatic heterocycles. The average Bonchev–Trinajstić information content (AvgIpc) is 2.71. The summed E-state index contributed by atoms with van der Waals surface area (Å²) in [5.74, 6) is -1.15. The first-order valence-corrected chi connectivity index (χ1v) is 4.95. The van der Waals surface area contributed by atoms with Crippen molar-refractivity contribution < 1.29 is 9.90 Å². The molecule has 0 aliphatic heterocycles. The van der Waals surface area contributed by atoms with Gasteiger partial charge in [-0.2, -0.15) is 5.10 Å². The largest absolute Gasteiger partial charge is 0.476 e. The van der Waals surface area contributed by atoms with E-state index in [9.17, 15) is 4.79 Å². The number of halogens is 2. The van der Waals surface area contributed by atoms with E-state index in [4.69, 9.17) is 28.3 Å². The van der Waals surface area contributed by atoms with Gasteiger partial charge in [-0.1, -0.05) is 29.3 Å². The number of hydrogen-bond acceptors (Lipinski definition) is 3. The van der Waals surface area contributed by atoms with Crippen LogP contribution in [0.3, 0.4) is 0 Å². The molecule has 7 heteroatoms. The van der Waals surface area contributed by atoms with Gasteiger partial charge in [0.05, 0.1) is 16.2 Å². The van der Waals surface area contributed by atoms with Crippen LogP contribution in [0.15, 0.2) is 24.4 Å². The third kappa shape index (κ3) is 1.87. The van der Waals surface area contributed by atoms with Crippen molar-refractivity contribution in [2.75, 3.05) is 0 Å². The maximum atomic E-state index is 10.6. The molecular formula is C9H5Cl2N3O2. The Morgan fingerprint density at radius 1 is 1.38 bits per heavy atom. The molecule has 1 heterocycles. The van der Waals surface area contributed by atoms with Crippen LogP contribution in [0.25, 0.3) is 5.69 Å². The summed E-state index contributed by atoms with van der Waals surface area (Å²) in [6.45, 7) is 0. The van der Waals surface area contributed by atoms with Gasteiger partial charge >= 0.3 is 5.97 Å². The molecule has 82 valence electrons. The summed E-state index contributed by atoms with van der Waals surface area (Å²) in [6.07, 6.45) is 1.14. The number of nitrogens with zero attached hydrogens (tertiary/aromatic N) is 3. The topological polar surface area (TPSA) is 68.0 Å². The van der Waals surface area contributed by atoms with Gasteiger partial charge in [0, 0.05) is 0 Å². The van der Waals surface area contributed by atoms with E-state index in [2.05, 4.69) is 10.2 Å². The van der Waals surface area contributed by atoms with E-state index in [-0.39, 0.29) is 10.7 Å². The quantitative estimate of drug-likeness (QED) is 0.897. The maximum absolute atomic E-state index is 10.6. The summed E-state index contributed by atoms with van der Waals surface area (Å²) in [4.78, 5) is 11.7. The fraction of sp³-hybridized carbons (Fsp3) is 0. The molecule has 0 amide bonds.